The molecule has 1 saturated heterocycles. The van der Waals surface area contributed by atoms with Gasteiger partial charge in [0.05, 0.1) is 13.7 Å². The lowest BCUT2D eigenvalue weighted by atomic mass is 10.1. The van der Waals surface area contributed by atoms with Crippen LogP contribution in [0.25, 0.3) is 6.08 Å². The summed E-state index contributed by atoms with van der Waals surface area (Å²) in [5.41, 5.74) is 2.85. The second kappa shape index (κ2) is 10.2. The number of hydrogen-bond acceptors (Lipinski definition) is 3. The first kappa shape index (κ1) is 23.1. The van der Waals surface area contributed by atoms with Gasteiger partial charge in [0.2, 0.25) is 0 Å². The van der Waals surface area contributed by atoms with Crippen molar-refractivity contribution >= 4 is 74.8 Å². The van der Waals surface area contributed by atoms with Gasteiger partial charge >= 0.3 is 6.03 Å². The van der Waals surface area contributed by atoms with Crippen molar-refractivity contribution in [2.45, 2.75) is 13.2 Å². The van der Waals surface area contributed by atoms with Crippen molar-refractivity contribution in [2.24, 2.45) is 0 Å². The molecule has 8 heteroatoms. The highest BCUT2D eigenvalue weighted by atomic mass is 127. The second-order valence-electron chi connectivity index (χ2n) is 7.06. The average molecular weight is 671 g/mol. The molecule has 4 rings (SSSR count). The Morgan fingerprint density at radius 3 is 2.31 bits per heavy atom. The van der Waals surface area contributed by atoms with E-state index in [1.165, 1.54) is 4.90 Å². The van der Waals surface area contributed by atoms with Crippen molar-refractivity contribution in [1.29, 1.82) is 0 Å². The van der Waals surface area contributed by atoms with Gasteiger partial charge in [0, 0.05) is 10.6 Å². The molecular formula is C24H17ClI2N2O3. The van der Waals surface area contributed by atoms with Gasteiger partial charge in [-0.15, -0.1) is 0 Å². The van der Waals surface area contributed by atoms with Crippen LogP contribution >= 0.6 is 56.8 Å². The maximum atomic E-state index is 12.8. The molecule has 1 N–H and O–H groups in total. The molecule has 0 atom stereocenters. The van der Waals surface area contributed by atoms with E-state index in [0.717, 1.165) is 29.6 Å². The van der Waals surface area contributed by atoms with Crippen LogP contribution in [0.4, 0.5) is 4.79 Å². The molecule has 0 aromatic heterocycles. The predicted octanol–water partition coefficient (Wildman–Crippen LogP) is 6.22. The molecule has 32 heavy (non-hydrogen) atoms. The van der Waals surface area contributed by atoms with Gasteiger partial charge in [0.25, 0.3) is 5.91 Å². The van der Waals surface area contributed by atoms with Crippen LogP contribution in [0.5, 0.6) is 5.75 Å². The van der Waals surface area contributed by atoms with E-state index in [1.54, 1.807) is 6.08 Å². The number of amides is 3. The fourth-order valence-corrected chi connectivity index (χ4v) is 5.53. The number of rotatable bonds is 6. The van der Waals surface area contributed by atoms with Crippen molar-refractivity contribution in [3.8, 4) is 5.75 Å². The van der Waals surface area contributed by atoms with Crippen LogP contribution in [0.2, 0.25) is 5.02 Å². The minimum Gasteiger partial charge on any atom is -0.487 e. The number of nitrogens with one attached hydrogen (secondary N) is 1. The lowest BCUT2D eigenvalue weighted by Crippen LogP contribution is -2.30. The first-order chi connectivity index (χ1) is 15.4. The van der Waals surface area contributed by atoms with E-state index in [9.17, 15) is 9.59 Å². The summed E-state index contributed by atoms with van der Waals surface area (Å²) in [4.78, 5) is 26.3. The Labute approximate surface area is 218 Å². The zero-order valence-electron chi connectivity index (χ0n) is 16.6. The summed E-state index contributed by atoms with van der Waals surface area (Å²) in [6.07, 6.45) is 1.69. The zero-order chi connectivity index (χ0) is 22.7. The third-order valence-corrected chi connectivity index (χ3v) is 6.78. The summed E-state index contributed by atoms with van der Waals surface area (Å²) >= 11 is 10.6. The Kier molecular flexibility index (Phi) is 7.37. The second-order valence-corrected chi connectivity index (χ2v) is 9.79. The largest absolute Gasteiger partial charge is 0.487 e. The highest BCUT2D eigenvalue weighted by molar-refractivity contribution is 14.1. The predicted molar refractivity (Wildman–Crippen MR) is 141 cm³/mol. The smallest absolute Gasteiger partial charge is 0.329 e. The van der Waals surface area contributed by atoms with Gasteiger partial charge in [-0.05, 0) is 80.6 Å². The number of halogens is 3. The summed E-state index contributed by atoms with van der Waals surface area (Å²) in [6.45, 7) is 0.585. The van der Waals surface area contributed by atoms with Crippen LogP contribution in [0, 0.1) is 7.14 Å². The zero-order valence-corrected chi connectivity index (χ0v) is 21.7. The molecular weight excluding hydrogens is 654 g/mol. The fourth-order valence-electron chi connectivity index (χ4n) is 3.21. The number of benzene rings is 3. The molecule has 1 aliphatic rings. The van der Waals surface area contributed by atoms with Gasteiger partial charge in [-0.25, -0.2) is 4.79 Å². The Hall–Kier alpha value is -2.11. The number of urea groups is 1. The molecule has 0 bridgehead atoms. The van der Waals surface area contributed by atoms with E-state index >= 15 is 0 Å². The number of carbonyl (C=O) groups is 2. The maximum Gasteiger partial charge on any atom is 0.329 e. The van der Waals surface area contributed by atoms with Gasteiger partial charge in [-0.1, -0.05) is 60.1 Å². The number of hydrogen-bond donors (Lipinski definition) is 1. The van der Waals surface area contributed by atoms with Crippen molar-refractivity contribution in [3.63, 3.8) is 0 Å². The van der Waals surface area contributed by atoms with Gasteiger partial charge in [0.15, 0.2) is 0 Å². The average Bonchev–Trinajstić information content (AvgIpc) is 3.02. The molecule has 162 valence electrons. The van der Waals surface area contributed by atoms with Gasteiger partial charge in [-0.3, -0.25) is 9.69 Å². The van der Waals surface area contributed by atoms with Gasteiger partial charge in [0.1, 0.15) is 18.1 Å². The van der Waals surface area contributed by atoms with Crippen molar-refractivity contribution in [2.75, 3.05) is 0 Å². The molecule has 3 aromatic carbocycles. The first-order valence-electron chi connectivity index (χ1n) is 9.66. The molecule has 0 spiro atoms. The molecule has 1 aliphatic heterocycles. The monoisotopic (exact) mass is 670 g/mol. The molecule has 0 aliphatic carbocycles. The Morgan fingerprint density at radius 1 is 0.969 bits per heavy atom. The molecule has 0 radical (unpaired) electrons. The van der Waals surface area contributed by atoms with Gasteiger partial charge < -0.3 is 10.1 Å². The van der Waals surface area contributed by atoms with E-state index in [0.29, 0.717) is 11.6 Å². The lowest BCUT2D eigenvalue weighted by Gasteiger charge is -2.12. The Bertz CT molecular complexity index is 1190. The fraction of sp³-hybridized carbons (Fsp3) is 0.0833. The normalized spacial score (nSPS) is 14.7. The molecule has 3 aromatic rings. The quantitative estimate of drug-likeness (QED) is 0.193. The van der Waals surface area contributed by atoms with Crippen LogP contribution in [0.1, 0.15) is 16.7 Å². The van der Waals surface area contributed by atoms with Crippen molar-refractivity contribution < 1.29 is 14.3 Å². The van der Waals surface area contributed by atoms with Crippen molar-refractivity contribution in [1.82, 2.24) is 10.2 Å². The van der Waals surface area contributed by atoms with Crippen molar-refractivity contribution in [3.05, 3.63) is 101 Å². The van der Waals surface area contributed by atoms with E-state index in [2.05, 4.69) is 50.5 Å². The first-order valence-corrected chi connectivity index (χ1v) is 12.2. The summed E-state index contributed by atoms with van der Waals surface area (Å²) in [6, 6.07) is 20.4. The number of nitrogens with zero attached hydrogens (tertiary/aromatic N) is 1. The maximum absolute atomic E-state index is 12.8. The van der Waals surface area contributed by atoms with Crippen LogP contribution in [0.3, 0.4) is 0 Å². The van der Waals surface area contributed by atoms with Crippen LogP contribution in [-0.2, 0) is 17.9 Å². The van der Waals surface area contributed by atoms with E-state index in [-0.39, 0.29) is 18.1 Å². The summed E-state index contributed by atoms with van der Waals surface area (Å²) < 4.78 is 7.81. The van der Waals surface area contributed by atoms with E-state index in [1.807, 2.05) is 66.7 Å². The van der Waals surface area contributed by atoms with Crippen LogP contribution < -0.4 is 10.1 Å². The molecule has 1 fully saturated rings. The minimum absolute atomic E-state index is 0.229. The third-order valence-electron chi connectivity index (χ3n) is 4.81. The number of imide groups is 1. The van der Waals surface area contributed by atoms with Gasteiger partial charge in [-0.2, -0.15) is 0 Å². The van der Waals surface area contributed by atoms with E-state index < -0.39 is 6.03 Å². The third kappa shape index (κ3) is 5.26. The summed E-state index contributed by atoms with van der Waals surface area (Å²) in [5.74, 6) is 0.406. The lowest BCUT2D eigenvalue weighted by molar-refractivity contribution is -0.123. The standard InChI is InChI=1S/C24H17ClI2N2O3/c25-18-9-5-4-8-17(18)14-32-22-19(26)10-16(11-20(22)27)12-21-23(30)29(24(31)28-21)13-15-6-2-1-3-7-15/h1-12H,13-14H2,(H,28,31)/b21-12+. The molecule has 1 heterocycles. The Morgan fingerprint density at radius 2 is 1.62 bits per heavy atom. The van der Waals surface area contributed by atoms with Crippen LogP contribution in [0.15, 0.2) is 72.4 Å². The summed E-state index contributed by atoms with van der Waals surface area (Å²) in [5, 5.41) is 3.34. The number of carbonyl (C=O) groups excluding carboxylic acids is 2. The number of ether oxygens (including phenoxy) is 1. The Balaban J connectivity index is 1.51. The molecule has 3 amide bonds. The minimum atomic E-state index is -0.422. The molecule has 0 saturated carbocycles. The van der Waals surface area contributed by atoms with Crippen LogP contribution in [-0.4, -0.2) is 16.8 Å². The van der Waals surface area contributed by atoms with E-state index in [4.69, 9.17) is 16.3 Å². The molecule has 5 nitrogen and oxygen atoms in total. The summed E-state index contributed by atoms with van der Waals surface area (Å²) in [7, 11) is 0. The topological polar surface area (TPSA) is 58.6 Å². The molecule has 0 unspecified atom stereocenters. The SMILES string of the molecule is O=C1N/C(=C/c2cc(I)c(OCc3ccccc3Cl)c(I)c2)C(=O)N1Cc1ccccc1. The highest BCUT2D eigenvalue weighted by Crippen LogP contribution is 2.31. The highest BCUT2D eigenvalue weighted by Gasteiger charge is 2.33.